The fourth-order valence-electron chi connectivity index (χ4n) is 4.09. The van der Waals surface area contributed by atoms with Crippen LogP contribution in [0.4, 0.5) is 5.82 Å². The van der Waals surface area contributed by atoms with Crippen LogP contribution in [0.15, 0.2) is 75.4 Å². The van der Waals surface area contributed by atoms with Crippen LogP contribution in [0.2, 0.25) is 0 Å². The number of benzene rings is 1. The molecule has 0 aliphatic heterocycles. The molecule has 5 rings (SSSR count). The van der Waals surface area contributed by atoms with E-state index in [0.29, 0.717) is 18.0 Å². The summed E-state index contributed by atoms with van der Waals surface area (Å²) in [6.07, 6.45) is 3.55. The highest BCUT2D eigenvalue weighted by Crippen LogP contribution is 2.46. The summed E-state index contributed by atoms with van der Waals surface area (Å²) in [6, 6.07) is 14.7. The van der Waals surface area contributed by atoms with E-state index in [0.717, 1.165) is 28.5 Å². The van der Waals surface area contributed by atoms with E-state index in [1.54, 1.807) is 47.8 Å². The molecule has 0 atom stereocenters. The number of para-hydroxylation sites is 2. The van der Waals surface area contributed by atoms with Crippen molar-refractivity contribution in [1.29, 1.82) is 0 Å². The molecule has 12 nitrogen and oxygen atoms in total. The van der Waals surface area contributed by atoms with Crippen molar-refractivity contribution in [2.45, 2.75) is 41.3 Å². The van der Waals surface area contributed by atoms with Gasteiger partial charge in [-0.1, -0.05) is 31.2 Å². The van der Waals surface area contributed by atoms with Crippen LogP contribution in [-0.4, -0.2) is 58.6 Å². The molecular formula is C28H31N5O7S3. The Labute approximate surface area is 254 Å². The van der Waals surface area contributed by atoms with Gasteiger partial charge < -0.3 is 14.2 Å². The van der Waals surface area contributed by atoms with E-state index in [9.17, 15) is 16.8 Å². The van der Waals surface area contributed by atoms with Crippen LogP contribution >= 0.6 is 11.3 Å². The van der Waals surface area contributed by atoms with E-state index in [1.807, 2.05) is 6.92 Å². The molecule has 0 unspecified atom stereocenters. The lowest BCUT2D eigenvalue weighted by molar-refractivity contribution is 0.290. The standard InChI is InChI=1S/C28H31N5O7S3/c1-3-17-33(43(36,37)23-11-6-7-15-29-23)27-25(40-22-10-5-4-9-21(22)38-2)28(32-26(31-27)20-13-14-20)39-18-16-30-42(34,35)24-12-8-19-41-24/h4-12,15,19-20,30H,3,13-14,16-18H2,1-2H3. The summed E-state index contributed by atoms with van der Waals surface area (Å²) in [6.45, 7) is 1.73. The molecule has 0 amide bonds. The highest BCUT2D eigenvalue weighted by molar-refractivity contribution is 7.92. The van der Waals surface area contributed by atoms with Crippen molar-refractivity contribution in [2.75, 3.05) is 31.1 Å². The van der Waals surface area contributed by atoms with Gasteiger partial charge in [0.05, 0.1) is 7.11 Å². The summed E-state index contributed by atoms with van der Waals surface area (Å²) in [7, 11) is -6.41. The van der Waals surface area contributed by atoms with Gasteiger partial charge in [-0.05, 0) is 55.0 Å². The highest BCUT2D eigenvalue weighted by atomic mass is 32.2. The number of methoxy groups -OCH3 is 1. The first kappa shape index (κ1) is 30.7. The van der Waals surface area contributed by atoms with Gasteiger partial charge in [-0.3, -0.25) is 0 Å². The number of hydrogen-bond donors (Lipinski definition) is 1. The van der Waals surface area contributed by atoms with Gasteiger partial charge in [0.25, 0.3) is 15.9 Å². The van der Waals surface area contributed by atoms with Crippen molar-refractivity contribution >= 4 is 37.2 Å². The van der Waals surface area contributed by atoms with Gasteiger partial charge in [0.15, 0.2) is 22.3 Å². The zero-order valence-electron chi connectivity index (χ0n) is 23.5. The van der Waals surface area contributed by atoms with E-state index in [2.05, 4.69) is 14.7 Å². The lowest BCUT2D eigenvalue weighted by Crippen LogP contribution is -2.34. The topological polar surface area (TPSA) is 150 Å². The summed E-state index contributed by atoms with van der Waals surface area (Å²) in [5, 5.41) is 1.53. The normalized spacial score (nSPS) is 13.4. The number of aromatic nitrogens is 3. The zero-order valence-corrected chi connectivity index (χ0v) is 26.0. The molecule has 0 spiro atoms. The number of sulfonamides is 2. The Balaban J connectivity index is 1.57. The molecule has 1 N–H and O–H groups in total. The Bertz CT molecular complexity index is 1750. The van der Waals surface area contributed by atoms with Gasteiger partial charge in [0, 0.05) is 25.2 Å². The predicted molar refractivity (Wildman–Crippen MR) is 161 cm³/mol. The maximum atomic E-state index is 13.9. The first-order valence-corrected chi connectivity index (χ1v) is 17.4. The SMILES string of the molecule is CCCN(c1nc(C2CC2)nc(OCCNS(=O)(=O)c2cccs2)c1Oc1ccccc1OC)S(=O)(=O)c1ccccn1. The summed E-state index contributed by atoms with van der Waals surface area (Å²) in [5.74, 6) is 1.03. The van der Waals surface area contributed by atoms with Crippen molar-refractivity contribution in [3.05, 3.63) is 72.0 Å². The van der Waals surface area contributed by atoms with Crippen molar-refractivity contribution < 1.29 is 31.0 Å². The van der Waals surface area contributed by atoms with Gasteiger partial charge in [0.1, 0.15) is 16.6 Å². The molecule has 3 heterocycles. The number of anilines is 1. The van der Waals surface area contributed by atoms with Gasteiger partial charge in [0.2, 0.25) is 15.8 Å². The minimum Gasteiger partial charge on any atom is -0.493 e. The van der Waals surface area contributed by atoms with E-state index in [1.165, 1.54) is 25.4 Å². The molecule has 0 bridgehead atoms. The van der Waals surface area contributed by atoms with Crippen LogP contribution in [0.1, 0.15) is 37.9 Å². The average molecular weight is 646 g/mol. The third-order valence-corrected chi connectivity index (χ3v) is 10.9. The number of ether oxygens (including phenoxy) is 3. The van der Waals surface area contributed by atoms with E-state index in [-0.39, 0.29) is 58.0 Å². The van der Waals surface area contributed by atoms with E-state index < -0.39 is 20.0 Å². The Kier molecular flexibility index (Phi) is 9.44. The first-order chi connectivity index (χ1) is 20.7. The van der Waals surface area contributed by atoms with E-state index >= 15 is 0 Å². The Morgan fingerprint density at radius 1 is 1.00 bits per heavy atom. The third-order valence-electron chi connectivity index (χ3n) is 6.31. The first-order valence-electron chi connectivity index (χ1n) is 13.6. The molecule has 1 saturated carbocycles. The van der Waals surface area contributed by atoms with E-state index in [4.69, 9.17) is 19.2 Å². The number of nitrogens with zero attached hydrogens (tertiary/aromatic N) is 4. The molecule has 1 fully saturated rings. The van der Waals surface area contributed by atoms with Gasteiger partial charge in [-0.2, -0.15) is 13.4 Å². The van der Waals surface area contributed by atoms with Crippen molar-refractivity contribution in [3.63, 3.8) is 0 Å². The highest BCUT2D eigenvalue weighted by Gasteiger charge is 2.36. The number of rotatable bonds is 15. The number of pyridine rings is 1. The lowest BCUT2D eigenvalue weighted by atomic mass is 10.3. The Morgan fingerprint density at radius 3 is 2.42 bits per heavy atom. The minimum atomic E-state index is -4.18. The zero-order chi connectivity index (χ0) is 30.5. The van der Waals surface area contributed by atoms with Gasteiger partial charge in [-0.15, -0.1) is 11.3 Å². The molecule has 0 saturated heterocycles. The molecule has 43 heavy (non-hydrogen) atoms. The van der Waals surface area contributed by atoms with Crippen LogP contribution in [-0.2, 0) is 20.0 Å². The molecule has 228 valence electrons. The Morgan fingerprint density at radius 2 is 1.77 bits per heavy atom. The summed E-state index contributed by atoms with van der Waals surface area (Å²) >= 11 is 1.10. The number of thiophene rings is 1. The maximum absolute atomic E-state index is 13.9. The molecule has 4 aromatic rings. The average Bonchev–Trinajstić information content (AvgIpc) is 3.71. The largest absolute Gasteiger partial charge is 0.493 e. The van der Waals surface area contributed by atoms with Crippen LogP contribution in [0.25, 0.3) is 0 Å². The lowest BCUT2D eigenvalue weighted by Gasteiger charge is -2.26. The van der Waals surface area contributed by atoms with Gasteiger partial charge >= 0.3 is 0 Å². The number of nitrogens with one attached hydrogen (secondary N) is 1. The van der Waals surface area contributed by atoms with Crippen LogP contribution in [0.3, 0.4) is 0 Å². The van der Waals surface area contributed by atoms with Crippen molar-refractivity contribution in [3.8, 4) is 23.1 Å². The minimum absolute atomic E-state index is 0.00974. The Hall–Kier alpha value is -3.79. The third kappa shape index (κ3) is 7.06. The van der Waals surface area contributed by atoms with Crippen molar-refractivity contribution in [1.82, 2.24) is 19.7 Å². The molecule has 0 radical (unpaired) electrons. The molecule has 15 heteroatoms. The molecule has 1 aliphatic rings. The maximum Gasteiger partial charge on any atom is 0.283 e. The monoisotopic (exact) mass is 645 g/mol. The molecule has 1 aromatic carbocycles. The second-order valence-electron chi connectivity index (χ2n) is 9.49. The summed E-state index contributed by atoms with van der Waals surface area (Å²) in [5.41, 5.74) is 0. The molecule has 1 aliphatic carbocycles. The quantitative estimate of drug-likeness (QED) is 0.182. The van der Waals surface area contributed by atoms with Crippen molar-refractivity contribution in [2.24, 2.45) is 0 Å². The number of hydrogen-bond acceptors (Lipinski definition) is 11. The second kappa shape index (κ2) is 13.2. The molecule has 3 aromatic heterocycles. The fourth-order valence-corrected chi connectivity index (χ4v) is 7.59. The van der Waals surface area contributed by atoms with Crippen LogP contribution in [0.5, 0.6) is 23.1 Å². The predicted octanol–water partition coefficient (Wildman–Crippen LogP) is 4.57. The summed E-state index contributed by atoms with van der Waals surface area (Å²) in [4.78, 5) is 13.4. The smallest absolute Gasteiger partial charge is 0.283 e. The van der Waals surface area contributed by atoms with Crippen LogP contribution < -0.4 is 23.2 Å². The second-order valence-corrected chi connectivity index (χ2v) is 14.2. The molecular weight excluding hydrogens is 615 g/mol. The van der Waals surface area contributed by atoms with Gasteiger partial charge in [-0.25, -0.2) is 27.4 Å². The van der Waals surface area contributed by atoms with Crippen LogP contribution in [0, 0.1) is 0 Å². The fraction of sp³-hybridized carbons (Fsp3) is 0.321. The summed E-state index contributed by atoms with van der Waals surface area (Å²) < 4.78 is 74.7.